The van der Waals surface area contributed by atoms with Crippen LogP contribution in [0.15, 0.2) is 29.6 Å². The summed E-state index contributed by atoms with van der Waals surface area (Å²) in [5.41, 5.74) is 1.51. The van der Waals surface area contributed by atoms with Gasteiger partial charge < -0.3 is 0 Å². The van der Waals surface area contributed by atoms with Crippen LogP contribution in [0.4, 0.5) is 0 Å². The smallest absolute Gasteiger partial charge is 0.203 e. The van der Waals surface area contributed by atoms with E-state index < -0.39 is 0 Å². The highest BCUT2D eigenvalue weighted by Gasteiger charge is 2.14. The summed E-state index contributed by atoms with van der Waals surface area (Å²) in [6.07, 6.45) is 0. The van der Waals surface area contributed by atoms with Crippen LogP contribution in [0.1, 0.15) is 20.8 Å². The second kappa shape index (κ2) is 4.58. The molecule has 0 N–H and O–H groups in total. The molecule has 4 heteroatoms. The lowest BCUT2D eigenvalue weighted by molar-refractivity contribution is 0.104. The molecule has 0 spiro atoms. The normalized spacial score (nSPS) is 10.4. The second-order valence-electron chi connectivity index (χ2n) is 3.42. The fraction of sp³-hybridized carbons (Fsp3) is 0.0833. The molecule has 0 bridgehead atoms. The van der Waals surface area contributed by atoms with E-state index in [2.05, 4.69) is 0 Å². The number of thiophene rings is 1. The molecule has 0 atom stereocenters. The standard InChI is InChI=1S/C12H8Cl2OS/c1-7-2-3-16-12(7)11(15)8-4-9(13)6-10(14)5-8/h2-6H,1H3. The lowest BCUT2D eigenvalue weighted by Gasteiger charge is -2.01. The predicted molar refractivity (Wildman–Crippen MR) is 69.0 cm³/mol. The lowest BCUT2D eigenvalue weighted by atomic mass is 10.1. The summed E-state index contributed by atoms with van der Waals surface area (Å²) in [7, 11) is 0. The molecular formula is C12H8Cl2OS. The van der Waals surface area contributed by atoms with Crippen LogP contribution in [0.3, 0.4) is 0 Å². The van der Waals surface area contributed by atoms with Crippen molar-refractivity contribution in [1.29, 1.82) is 0 Å². The summed E-state index contributed by atoms with van der Waals surface area (Å²) in [4.78, 5) is 12.9. The summed E-state index contributed by atoms with van der Waals surface area (Å²) in [6.45, 7) is 1.91. The number of carbonyl (C=O) groups is 1. The Morgan fingerprint density at radius 1 is 1.19 bits per heavy atom. The maximum absolute atomic E-state index is 12.1. The third-order valence-corrected chi connectivity index (χ3v) is 3.64. The van der Waals surface area contributed by atoms with Gasteiger partial charge in [0.1, 0.15) is 0 Å². The molecule has 0 fully saturated rings. The monoisotopic (exact) mass is 270 g/mol. The Balaban J connectivity index is 2.45. The van der Waals surface area contributed by atoms with Gasteiger partial charge in [-0.2, -0.15) is 0 Å². The summed E-state index contributed by atoms with van der Waals surface area (Å²) in [6, 6.07) is 6.80. The van der Waals surface area contributed by atoms with Crippen molar-refractivity contribution in [2.24, 2.45) is 0 Å². The van der Waals surface area contributed by atoms with E-state index in [1.54, 1.807) is 18.2 Å². The van der Waals surface area contributed by atoms with Gasteiger partial charge in [0.25, 0.3) is 0 Å². The zero-order valence-corrected chi connectivity index (χ0v) is 10.8. The Hall–Kier alpha value is -0.830. The number of carbonyl (C=O) groups excluding carboxylic acids is 1. The average Bonchev–Trinajstić information content (AvgIpc) is 2.62. The summed E-state index contributed by atoms with van der Waals surface area (Å²) in [5, 5.41) is 2.85. The van der Waals surface area contributed by atoms with Gasteiger partial charge in [0.2, 0.25) is 5.78 Å². The Morgan fingerprint density at radius 3 is 2.31 bits per heavy atom. The Morgan fingerprint density at radius 2 is 1.81 bits per heavy atom. The minimum absolute atomic E-state index is 0.0306. The van der Waals surface area contributed by atoms with Crippen molar-refractivity contribution < 1.29 is 4.79 Å². The molecule has 2 rings (SSSR count). The highest BCUT2D eigenvalue weighted by molar-refractivity contribution is 7.12. The van der Waals surface area contributed by atoms with Crippen LogP contribution in [-0.2, 0) is 0 Å². The van der Waals surface area contributed by atoms with Gasteiger partial charge in [0.15, 0.2) is 0 Å². The van der Waals surface area contributed by atoms with Crippen LogP contribution in [0.5, 0.6) is 0 Å². The second-order valence-corrected chi connectivity index (χ2v) is 5.21. The third kappa shape index (κ3) is 2.29. The topological polar surface area (TPSA) is 17.1 Å². The largest absolute Gasteiger partial charge is 0.288 e. The van der Waals surface area contributed by atoms with Gasteiger partial charge in [-0.15, -0.1) is 11.3 Å². The quantitative estimate of drug-likeness (QED) is 0.730. The first-order valence-electron chi connectivity index (χ1n) is 4.63. The summed E-state index contributed by atoms with van der Waals surface area (Å²) < 4.78 is 0. The highest BCUT2D eigenvalue weighted by atomic mass is 35.5. The van der Waals surface area contributed by atoms with Crippen molar-refractivity contribution in [2.45, 2.75) is 6.92 Å². The first-order valence-corrected chi connectivity index (χ1v) is 6.26. The van der Waals surface area contributed by atoms with E-state index in [0.717, 1.165) is 10.4 Å². The Bertz CT molecular complexity index is 525. The molecule has 0 amide bonds. The lowest BCUT2D eigenvalue weighted by Crippen LogP contribution is -2.00. The van der Waals surface area contributed by atoms with E-state index >= 15 is 0 Å². The van der Waals surface area contributed by atoms with Crippen LogP contribution in [0, 0.1) is 6.92 Å². The zero-order chi connectivity index (χ0) is 11.7. The fourth-order valence-electron chi connectivity index (χ4n) is 1.42. The van der Waals surface area contributed by atoms with Gasteiger partial charge in [-0.3, -0.25) is 4.79 Å². The molecule has 0 saturated carbocycles. The molecule has 1 nitrogen and oxygen atoms in total. The first-order chi connectivity index (χ1) is 7.58. The van der Waals surface area contributed by atoms with Crippen LogP contribution >= 0.6 is 34.5 Å². The first kappa shape index (κ1) is 11.6. The number of aryl methyl sites for hydroxylation is 1. The van der Waals surface area contributed by atoms with E-state index in [4.69, 9.17) is 23.2 Å². The van der Waals surface area contributed by atoms with Gasteiger partial charge in [0.05, 0.1) is 4.88 Å². The molecule has 16 heavy (non-hydrogen) atoms. The molecule has 0 aliphatic rings. The van der Waals surface area contributed by atoms with E-state index in [9.17, 15) is 4.79 Å². The number of hydrogen-bond donors (Lipinski definition) is 0. The van der Waals surface area contributed by atoms with Gasteiger partial charge in [0, 0.05) is 15.6 Å². The van der Waals surface area contributed by atoms with Crippen LogP contribution in [0.2, 0.25) is 10.0 Å². The van der Waals surface area contributed by atoms with E-state index in [1.807, 2.05) is 18.4 Å². The van der Waals surface area contributed by atoms with Crippen LogP contribution in [-0.4, -0.2) is 5.78 Å². The molecule has 0 unspecified atom stereocenters. The minimum Gasteiger partial charge on any atom is -0.288 e. The van der Waals surface area contributed by atoms with Crippen LogP contribution in [0.25, 0.3) is 0 Å². The van der Waals surface area contributed by atoms with Crippen molar-refractivity contribution in [2.75, 3.05) is 0 Å². The van der Waals surface area contributed by atoms with Crippen molar-refractivity contribution in [3.05, 3.63) is 55.7 Å². The minimum atomic E-state index is -0.0306. The average molecular weight is 271 g/mol. The van der Waals surface area contributed by atoms with Gasteiger partial charge in [-0.05, 0) is 42.1 Å². The van der Waals surface area contributed by atoms with Crippen molar-refractivity contribution in [3.63, 3.8) is 0 Å². The predicted octanol–water partition coefficient (Wildman–Crippen LogP) is 4.59. The van der Waals surface area contributed by atoms with Crippen LogP contribution < -0.4 is 0 Å². The molecule has 0 radical (unpaired) electrons. The maximum atomic E-state index is 12.1. The molecule has 0 saturated heterocycles. The fourth-order valence-corrected chi connectivity index (χ4v) is 2.83. The third-order valence-electron chi connectivity index (χ3n) is 2.19. The van der Waals surface area contributed by atoms with Gasteiger partial charge in [-0.1, -0.05) is 23.2 Å². The highest BCUT2D eigenvalue weighted by Crippen LogP contribution is 2.24. The van der Waals surface area contributed by atoms with Crippen molar-refractivity contribution >= 4 is 40.3 Å². The van der Waals surface area contributed by atoms with Gasteiger partial charge >= 0.3 is 0 Å². The molecular weight excluding hydrogens is 263 g/mol. The number of benzene rings is 1. The van der Waals surface area contributed by atoms with E-state index in [1.165, 1.54) is 11.3 Å². The molecule has 1 aromatic carbocycles. The number of halogens is 2. The maximum Gasteiger partial charge on any atom is 0.203 e. The van der Waals surface area contributed by atoms with E-state index in [0.29, 0.717) is 15.6 Å². The number of ketones is 1. The van der Waals surface area contributed by atoms with Gasteiger partial charge in [-0.25, -0.2) is 0 Å². The Kier molecular flexibility index (Phi) is 3.33. The number of hydrogen-bond acceptors (Lipinski definition) is 2. The summed E-state index contributed by atoms with van der Waals surface area (Å²) >= 11 is 13.2. The SMILES string of the molecule is Cc1ccsc1C(=O)c1cc(Cl)cc(Cl)c1. The molecule has 1 aromatic heterocycles. The van der Waals surface area contributed by atoms with E-state index in [-0.39, 0.29) is 5.78 Å². The van der Waals surface area contributed by atoms with Crippen molar-refractivity contribution in [3.8, 4) is 0 Å². The summed E-state index contributed by atoms with van der Waals surface area (Å²) in [5.74, 6) is -0.0306. The molecule has 1 heterocycles. The molecule has 0 aliphatic heterocycles. The molecule has 0 aliphatic carbocycles. The molecule has 82 valence electrons. The Labute approximate surface area is 108 Å². The van der Waals surface area contributed by atoms with Crippen molar-refractivity contribution in [1.82, 2.24) is 0 Å². The molecule has 2 aromatic rings. The number of rotatable bonds is 2. The zero-order valence-electron chi connectivity index (χ0n) is 8.46.